The van der Waals surface area contributed by atoms with E-state index in [1.807, 2.05) is 0 Å². The monoisotopic (exact) mass is 275 g/mol. The Morgan fingerprint density at radius 3 is 2.32 bits per heavy atom. The number of amides is 1. The summed E-state index contributed by atoms with van der Waals surface area (Å²) in [5.74, 6) is -0.267. The Hall–Kier alpha value is -1.56. The highest BCUT2D eigenvalue weighted by atomic mass is 19.4. The summed E-state index contributed by atoms with van der Waals surface area (Å²) in [5, 5.41) is 8.72. The number of aliphatic hydroxyl groups is 1. The van der Waals surface area contributed by atoms with E-state index >= 15 is 0 Å². The minimum atomic E-state index is -4.17. The van der Waals surface area contributed by atoms with Gasteiger partial charge in [-0.2, -0.15) is 13.2 Å². The number of nitrogens with zero attached hydrogens (tertiary/aromatic N) is 1. The van der Waals surface area contributed by atoms with Gasteiger partial charge in [-0.15, -0.1) is 0 Å². The van der Waals surface area contributed by atoms with Crippen molar-refractivity contribution >= 4 is 5.91 Å². The lowest BCUT2D eigenvalue weighted by Gasteiger charge is -2.15. The molecule has 0 saturated carbocycles. The zero-order valence-corrected chi connectivity index (χ0v) is 10.6. The number of carbonyl (C=O) groups is 1. The van der Waals surface area contributed by atoms with Crippen LogP contribution >= 0.6 is 0 Å². The van der Waals surface area contributed by atoms with E-state index in [9.17, 15) is 18.0 Å². The molecule has 6 heteroatoms. The van der Waals surface area contributed by atoms with Crippen molar-refractivity contribution in [3.63, 3.8) is 0 Å². The molecule has 19 heavy (non-hydrogen) atoms. The average molecular weight is 275 g/mol. The van der Waals surface area contributed by atoms with Crippen LogP contribution in [0.15, 0.2) is 24.3 Å². The van der Waals surface area contributed by atoms with Gasteiger partial charge in [-0.1, -0.05) is 12.1 Å². The van der Waals surface area contributed by atoms with Crippen molar-refractivity contribution in [1.82, 2.24) is 4.90 Å². The van der Waals surface area contributed by atoms with Crippen molar-refractivity contribution in [2.45, 2.75) is 19.0 Å². The summed E-state index contributed by atoms with van der Waals surface area (Å²) in [6, 6.07) is 6.04. The molecule has 0 radical (unpaired) electrons. The summed E-state index contributed by atoms with van der Waals surface area (Å²) >= 11 is 0. The van der Waals surface area contributed by atoms with Crippen LogP contribution in [0.25, 0.3) is 0 Å². The molecule has 1 aromatic carbocycles. The molecule has 3 nitrogen and oxygen atoms in total. The third-order valence-electron chi connectivity index (χ3n) is 2.68. The fourth-order valence-corrected chi connectivity index (χ4v) is 1.57. The van der Waals surface area contributed by atoms with E-state index in [1.54, 1.807) is 7.05 Å². The Bertz CT molecular complexity index is 415. The zero-order valence-electron chi connectivity index (χ0n) is 10.6. The van der Waals surface area contributed by atoms with Crippen molar-refractivity contribution in [2.75, 3.05) is 20.2 Å². The van der Waals surface area contributed by atoms with Crippen LogP contribution in [0.3, 0.4) is 0 Å². The molecule has 0 heterocycles. The van der Waals surface area contributed by atoms with Crippen LogP contribution in [0, 0.1) is 0 Å². The van der Waals surface area contributed by atoms with E-state index in [-0.39, 0.29) is 25.5 Å². The number of alkyl halides is 3. The smallest absolute Gasteiger partial charge is 0.389 e. The quantitative estimate of drug-likeness (QED) is 0.895. The largest absolute Gasteiger partial charge is 0.395 e. The molecule has 1 aromatic rings. The molecule has 1 N–H and O–H groups in total. The van der Waals surface area contributed by atoms with Gasteiger partial charge in [0, 0.05) is 25.6 Å². The van der Waals surface area contributed by atoms with Gasteiger partial charge in [0.05, 0.1) is 6.61 Å². The van der Waals surface area contributed by atoms with Gasteiger partial charge in [0.25, 0.3) is 5.91 Å². The molecule has 0 saturated heterocycles. The van der Waals surface area contributed by atoms with Crippen LogP contribution in [0.4, 0.5) is 13.2 Å². The molecule has 1 amide bonds. The normalized spacial score (nSPS) is 11.4. The molecule has 1 rings (SSSR count). The van der Waals surface area contributed by atoms with Gasteiger partial charge in [0.1, 0.15) is 0 Å². The molecule has 0 unspecified atom stereocenters. The van der Waals surface area contributed by atoms with E-state index < -0.39 is 12.6 Å². The van der Waals surface area contributed by atoms with E-state index in [1.165, 1.54) is 29.2 Å². The summed E-state index contributed by atoms with van der Waals surface area (Å²) < 4.78 is 36.2. The predicted octanol–water partition coefficient (Wildman–Crippen LogP) is 2.25. The maximum atomic E-state index is 12.1. The highest BCUT2D eigenvalue weighted by molar-refractivity contribution is 5.94. The molecular formula is C13H16F3NO2. The maximum Gasteiger partial charge on any atom is 0.389 e. The first-order valence-electron chi connectivity index (χ1n) is 5.85. The number of aliphatic hydroxyl groups excluding tert-OH is 1. The van der Waals surface area contributed by atoms with E-state index in [2.05, 4.69) is 0 Å². The average Bonchev–Trinajstić information content (AvgIpc) is 2.35. The van der Waals surface area contributed by atoms with Gasteiger partial charge < -0.3 is 10.0 Å². The van der Waals surface area contributed by atoms with E-state index in [4.69, 9.17) is 5.11 Å². The third-order valence-corrected chi connectivity index (χ3v) is 2.68. The number of halogens is 3. The van der Waals surface area contributed by atoms with Crippen LogP contribution in [-0.2, 0) is 6.42 Å². The number of carbonyl (C=O) groups excluding carboxylic acids is 1. The zero-order chi connectivity index (χ0) is 14.5. The lowest BCUT2D eigenvalue weighted by molar-refractivity contribution is -0.134. The molecule has 0 aliphatic rings. The van der Waals surface area contributed by atoms with Gasteiger partial charge in [-0.05, 0) is 24.1 Å². The fraction of sp³-hybridized carbons (Fsp3) is 0.462. The Kier molecular flexibility index (Phi) is 5.35. The molecule has 106 valence electrons. The first-order chi connectivity index (χ1) is 8.83. The number of hydrogen-bond donors (Lipinski definition) is 1. The van der Waals surface area contributed by atoms with Crippen LogP contribution < -0.4 is 0 Å². The molecule has 0 fully saturated rings. The van der Waals surface area contributed by atoms with Crippen molar-refractivity contribution in [1.29, 1.82) is 0 Å². The number of benzene rings is 1. The maximum absolute atomic E-state index is 12.1. The van der Waals surface area contributed by atoms with Crippen molar-refractivity contribution in [3.8, 4) is 0 Å². The van der Waals surface area contributed by atoms with Crippen molar-refractivity contribution in [3.05, 3.63) is 35.4 Å². The third kappa shape index (κ3) is 5.30. The standard InChI is InChI=1S/C13H16F3NO2/c1-17(8-9-18)12(19)11-4-2-10(3-5-11)6-7-13(14,15)16/h2-5,18H,6-9H2,1H3. The molecule has 0 spiro atoms. The summed E-state index contributed by atoms with van der Waals surface area (Å²) in [6.07, 6.45) is -5.13. The molecule has 0 atom stereocenters. The first kappa shape index (κ1) is 15.5. The first-order valence-corrected chi connectivity index (χ1v) is 5.85. The van der Waals surface area contributed by atoms with Crippen molar-refractivity contribution in [2.24, 2.45) is 0 Å². The molecule has 0 bridgehead atoms. The molecule has 0 aromatic heterocycles. The predicted molar refractivity (Wildman–Crippen MR) is 64.9 cm³/mol. The summed E-state index contributed by atoms with van der Waals surface area (Å²) in [4.78, 5) is 13.1. The number of hydrogen-bond acceptors (Lipinski definition) is 2. The molecule has 0 aliphatic heterocycles. The Balaban J connectivity index is 2.63. The van der Waals surface area contributed by atoms with Gasteiger partial charge in [-0.3, -0.25) is 4.79 Å². The van der Waals surface area contributed by atoms with E-state index in [0.29, 0.717) is 11.1 Å². The second-order valence-corrected chi connectivity index (χ2v) is 4.26. The fourth-order valence-electron chi connectivity index (χ4n) is 1.57. The SMILES string of the molecule is CN(CCO)C(=O)c1ccc(CCC(F)(F)F)cc1. The minimum Gasteiger partial charge on any atom is -0.395 e. The Morgan fingerprint density at radius 2 is 1.84 bits per heavy atom. The van der Waals surface area contributed by atoms with Crippen LogP contribution in [0.2, 0.25) is 0 Å². The Labute approximate surface area is 109 Å². The second kappa shape index (κ2) is 6.56. The minimum absolute atomic E-state index is 0.0928. The van der Waals surface area contributed by atoms with Gasteiger partial charge in [0.2, 0.25) is 0 Å². The number of aryl methyl sites for hydroxylation is 1. The number of likely N-dealkylation sites (N-methyl/N-ethyl adjacent to an activating group) is 1. The van der Waals surface area contributed by atoms with Gasteiger partial charge in [0.15, 0.2) is 0 Å². The highest BCUT2D eigenvalue weighted by Gasteiger charge is 2.26. The molecule has 0 aliphatic carbocycles. The summed E-state index contributed by atoms with van der Waals surface area (Å²) in [5.41, 5.74) is 0.936. The molecular weight excluding hydrogens is 259 g/mol. The van der Waals surface area contributed by atoms with Crippen LogP contribution in [0.5, 0.6) is 0 Å². The topological polar surface area (TPSA) is 40.5 Å². The van der Waals surface area contributed by atoms with Crippen LogP contribution in [0.1, 0.15) is 22.3 Å². The van der Waals surface area contributed by atoms with Crippen molar-refractivity contribution < 1.29 is 23.1 Å². The van der Waals surface area contributed by atoms with Crippen LogP contribution in [-0.4, -0.2) is 42.3 Å². The second-order valence-electron chi connectivity index (χ2n) is 4.26. The summed E-state index contributed by atoms with van der Waals surface area (Å²) in [6.45, 7) is 0.0839. The van der Waals surface area contributed by atoms with Gasteiger partial charge >= 0.3 is 6.18 Å². The number of rotatable bonds is 5. The lowest BCUT2D eigenvalue weighted by Crippen LogP contribution is -2.29. The Morgan fingerprint density at radius 1 is 1.26 bits per heavy atom. The highest BCUT2D eigenvalue weighted by Crippen LogP contribution is 2.22. The lowest BCUT2D eigenvalue weighted by atomic mass is 10.1. The van der Waals surface area contributed by atoms with E-state index in [0.717, 1.165) is 0 Å². The summed E-state index contributed by atoms with van der Waals surface area (Å²) in [7, 11) is 1.55. The van der Waals surface area contributed by atoms with Gasteiger partial charge in [-0.25, -0.2) is 0 Å².